The average Bonchev–Trinajstić information content (AvgIpc) is 2.51. The van der Waals surface area contributed by atoms with Gasteiger partial charge in [-0.05, 0) is 13.0 Å². The zero-order valence-corrected chi connectivity index (χ0v) is 6.74. The van der Waals surface area contributed by atoms with Crippen LogP contribution in [0.2, 0.25) is 0 Å². The topological polar surface area (TPSA) is 50.8 Å². The molecule has 0 spiro atoms. The Morgan fingerprint density at radius 2 is 2.42 bits per heavy atom. The smallest absolute Gasteiger partial charge is 0.215 e. The van der Waals surface area contributed by atoms with Crippen LogP contribution in [0.15, 0.2) is 18.5 Å². The molecule has 2 aromatic heterocycles. The van der Waals surface area contributed by atoms with Gasteiger partial charge in [0.2, 0.25) is 5.88 Å². The van der Waals surface area contributed by atoms with E-state index in [1.165, 1.54) is 0 Å². The third kappa shape index (κ3) is 1.11. The van der Waals surface area contributed by atoms with Crippen molar-refractivity contribution in [2.75, 3.05) is 6.61 Å². The summed E-state index contributed by atoms with van der Waals surface area (Å²) < 4.78 is 5.22. The standard InChI is InChI=1S/C8H9N3O/c1-2-12-7-4-3-6-8(11-7)10-5-9-6/h3-5H,2H2,1H3,(H,9,10,11). The number of aromatic nitrogens is 3. The molecule has 2 heterocycles. The SMILES string of the molecule is CCOc1ccc2[nH]cnc2n1. The molecule has 0 saturated heterocycles. The molecule has 0 saturated carbocycles. The number of aromatic amines is 1. The van der Waals surface area contributed by atoms with Gasteiger partial charge in [-0.2, -0.15) is 4.98 Å². The lowest BCUT2D eigenvalue weighted by atomic mass is 10.4. The van der Waals surface area contributed by atoms with Gasteiger partial charge in [-0.15, -0.1) is 0 Å². The number of imidazole rings is 1. The van der Waals surface area contributed by atoms with Crippen LogP contribution < -0.4 is 4.74 Å². The Bertz CT molecular complexity index is 382. The summed E-state index contributed by atoms with van der Waals surface area (Å²) >= 11 is 0. The van der Waals surface area contributed by atoms with Crippen molar-refractivity contribution in [1.29, 1.82) is 0 Å². The van der Waals surface area contributed by atoms with E-state index in [0.717, 1.165) is 5.52 Å². The zero-order valence-electron chi connectivity index (χ0n) is 6.74. The van der Waals surface area contributed by atoms with Gasteiger partial charge in [-0.25, -0.2) is 4.98 Å². The summed E-state index contributed by atoms with van der Waals surface area (Å²) in [7, 11) is 0. The fourth-order valence-corrected chi connectivity index (χ4v) is 1.03. The summed E-state index contributed by atoms with van der Waals surface area (Å²) in [4.78, 5) is 11.1. The second-order valence-corrected chi connectivity index (χ2v) is 2.36. The van der Waals surface area contributed by atoms with Gasteiger partial charge < -0.3 is 9.72 Å². The van der Waals surface area contributed by atoms with Crippen LogP contribution in [0.4, 0.5) is 0 Å². The van der Waals surface area contributed by atoms with Crippen LogP contribution in [0, 0.1) is 0 Å². The van der Waals surface area contributed by atoms with E-state index in [-0.39, 0.29) is 0 Å². The van der Waals surface area contributed by atoms with Crippen LogP contribution in [-0.4, -0.2) is 21.6 Å². The molecule has 0 aliphatic carbocycles. The summed E-state index contributed by atoms with van der Waals surface area (Å²) in [6.07, 6.45) is 1.62. The molecule has 4 nitrogen and oxygen atoms in total. The van der Waals surface area contributed by atoms with E-state index in [9.17, 15) is 0 Å². The number of H-pyrrole nitrogens is 1. The molecule has 0 radical (unpaired) electrons. The number of pyridine rings is 1. The number of ether oxygens (including phenoxy) is 1. The number of hydrogen-bond donors (Lipinski definition) is 1. The molecule has 0 atom stereocenters. The number of nitrogens with one attached hydrogen (secondary N) is 1. The van der Waals surface area contributed by atoms with Gasteiger partial charge in [0.15, 0.2) is 5.65 Å². The Labute approximate surface area is 69.6 Å². The normalized spacial score (nSPS) is 10.4. The molecule has 0 amide bonds. The summed E-state index contributed by atoms with van der Waals surface area (Å²) in [5.74, 6) is 0.622. The first kappa shape index (κ1) is 7.09. The molecule has 62 valence electrons. The first-order chi connectivity index (χ1) is 5.90. The Morgan fingerprint density at radius 1 is 1.50 bits per heavy atom. The van der Waals surface area contributed by atoms with Crippen molar-refractivity contribution >= 4 is 11.2 Å². The molecule has 2 rings (SSSR count). The minimum absolute atomic E-state index is 0.622. The van der Waals surface area contributed by atoms with Crippen LogP contribution in [0.3, 0.4) is 0 Å². The highest BCUT2D eigenvalue weighted by Crippen LogP contribution is 2.12. The summed E-state index contributed by atoms with van der Waals surface area (Å²) in [5, 5.41) is 0. The summed E-state index contributed by atoms with van der Waals surface area (Å²) in [6.45, 7) is 2.55. The highest BCUT2D eigenvalue weighted by molar-refractivity contribution is 5.70. The Balaban J connectivity index is 2.46. The fourth-order valence-electron chi connectivity index (χ4n) is 1.03. The van der Waals surface area contributed by atoms with Crippen molar-refractivity contribution in [3.63, 3.8) is 0 Å². The molecule has 0 bridgehead atoms. The van der Waals surface area contributed by atoms with E-state index in [1.54, 1.807) is 6.33 Å². The van der Waals surface area contributed by atoms with E-state index < -0.39 is 0 Å². The fraction of sp³-hybridized carbons (Fsp3) is 0.250. The van der Waals surface area contributed by atoms with Crippen molar-refractivity contribution in [3.8, 4) is 5.88 Å². The molecule has 12 heavy (non-hydrogen) atoms. The summed E-state index contributed by atoms with van der Waals surface area (Å²) in [6, 6.07) is 3.73. The lowest BCUT2D eigenvalue weighted by Crippen LogP contribution is -1.93. The molecule has 0 aliphatic rings. The van der Waals surface area contributed by atoms with Crippen LogP contribution in [0.25, 0.3) is 11.2 Å². The van der Waals surface area contributed by atoms with Gasteiger partial charge in [0.25, 0.3) is 0 Å². The predicted molar refractivity (Wildman–Crippen MR) is 45.1 cm³/mol. The zero-order chi connectivity index (χ0) is 8.39. The Kier molecular flexibility index (Phi) is 1.66. The van der Waals surface area contributed by atoms with E-state index in [4.69, 9.17) is 4.74 Å². The molecule has 2 aromatic rings. The van der Waals surface area contributed by atoms with Crippen molar-refractivity contribution in [3.05, 3.63) is 18.5 Å². The molecule has 0 fully saturated rings. The lowest BCUT2D eigenvalue weighted by Gasteiger charge is -1.99. The van der Waals surface area contributed by atoms with Crippen molar-refractivity contribution in [2.45, 2.75) is 6.92 Å². The monoisotopic (exact) mass is 163 g/mol. The highest BCUT2D eigenvalue weighted by Gasteiger charge is 1.98. The van der Waals surface area contributed by atoms with Crippen LogP contribution >= 0.6 is 0 Å². The minimum atomic E-state index is 0.622. The second-order valence-electron chi connectivity index (χ2n) is 2.36. The second kappa shape index (κ2) is 2.81. The van der Waals surface area contributed by atoms with E-state index in [0.29, 0.717) is 18.1 Å². The molecular formula is C8H9N3O. The van der Waals surface area contributed by atoms with Crippen molar-refractivity contribution in [2.24, 2.45) is 0 Å². The molecule has 4 heteroatoms. The molecule has 1 N–H and O–H groups in total. The molecule has 0 aliphatic heterocycles. The van der Waals surface area contributed by atoms with Gasteiger partial charge in [-0.3, -0.25) is 0 Å². The third-order valence-corrected chi connectivity index (χ3v) is 1.55. The van der Waals surface area contributed by atoms with Crippen LogP contribution in [-0.2, 0) is 0 Å². The summed E-state index contributed by atoms with van der Waals surface area (Å²) in [5.41, 5.74) is 1.62. The third-order valence-electron chi connectivity index (χ3n) is 1.55. The number of fused-ring (bicyclic) bond motifs is 1. The van der Waals surface area contributed by atoms with Gasteiger partial charge in [-0.1, -0.05) is 0 Å². The van der Waals surface area contributed by atoms with Crippen LogP contribution in [0.1, 0.15) is 6.92 Å². The lowest BCUT2D eigenvalue weighted by molar-refractivity contribution is 0.328. The minimum Gasteiger partial charge on any atom is -0.478 e. The average molecular weight is 163 g/mol. The van der Waals surface area contributed by atoms with Crippen molar-refractivity contribution < 1.29 is 4.74 Å². The number of nitrogens with zero attached hydrogens (tertiary/aromatic N) is 2. The quantitative estimate of drug-likeness (QED) is 0.727. The first-order valence-electron chi connectivity index (χ1n) is 3.83. The molecule has 0 aromatic carbocycles. The maximum Gasteiger partial charge on any atom is 0.215 e. The van der Waals surface area contributed by atoms with Gasteiger partial charge in [0.1, 0.15) is 0 Å². The van der Waals surface area contributed by atoms with Gasteiger partial charge in [0, 0.05) is 6.07 Å². The Hall–Kier alpha value is -1.58. The first-order valence-corrected chi connectivity index (χ1v) is 3.83. The maximum absolute atomic E-state index is 5.22. The van der Waals surface area contributed by atoms with Gasteiger partial charge in [0.05, 0.1) is 18.5 Å². The maximum atomic E-state index is 5.22. The van der Waals surface area contributed by atoms with E-state index in [2.05, 4.69) is 15.0 Å². The Morgan fingerprint density at radius 3 is 3.25 bits per heavy atom. The van der Waals surface area contributed by atoms with E-state index in [1.807, 2.05) is 19.1 Å². The highest BCUT2D eigenvalue weighted by atomic mass is 16.5. The largest absolute Gasteiger partial charge is 0.478 e. The van der Waals surface area contributed by atoms with Gasteiger partial charge >= 0.3 is 0 Å². The predicted octanol–water partition coefficient (Wildman–Crippen LogP) is 1.36. The van der Waals surface area contributed by atoms with Crippen molar-refractivity contribution in [1.82, 2.24) is 15.0 Å². The number of rotatable bonds is 2. The molecular weight excluding hydrogens is 154 g/mol. The van der Waals surface area contributed by atoms with Crippen LogP contribution in [0.5, 0.6) is 5.88 Å². The van der Waals surface area contributed by atoms with E-state index >= 15 is 0 Å². The number of hydrogen-bond acceptors (Lipinski definition) is 3. The molecule has 0 unspecified atom stereocenters.